The average Bonchev–Trinajstić information content (AvgIpc) is 2.29. The Morgan fingerprint density at radius 1 is 1.38 bits per heavy atom. The smallest absolute Gasteiger partial charge is 0.165 e. The molecule has 0 fully saturated rings. The molecule has 3 nitrogen and oxygen atoms in total. The summed E-state index contributed by atoms with van der Waals surface area (Å²) >= 11 is 3.55. The van der Waals surface area contributed by atoms with Crippen LogP contribution in [0.3, 0.4) is 0 Å². The van der Waals surface area contributed by atoms with E-state index in [0.29, 0.717) is 6.61 Å². The van der Waals surface area contributed by atoms with Gasteiger partial charge in [0.05, 0.1) is 13.7 Å². The van der Waals surface area contributed by atoms with E-state index < -0.39 is 0 Å². The summed E-state index contributed by atoms with van der Waals surface area (Å²) in [6.07, 6.45) is 0.906. The first-order chi connectivity index (χ1) is 7.74. The zero-order chi connectivity index (χ0) is 12.0. The highest BCUT2D eigenvalue weighted by Crippen LogP contribution is 2.36. The van der Waals surface area contributed by atoms with Gasteiger partial charge in [0.2, 0.25) is 0 Å². The molecule has 0 heterocycles. The van der Waals surface area contributed by atoms with Crippen molar-refractivity contribution in [2.45, 2.75) is 13.3 Å². The van der Waals surface area contributed by atoms with Gasteiger partial charge in [0, 0.05) is 10.0 Å². The predicted octanol–water partition coefficient (Wildman–Crippen LogP) is 2.62. The number of likely N-dealkylation sites (N-methyl/N-ethyl adjacent to an activating group) is 1. The second-order valence-electron chi connectivity index (χ2n) is 3.34. The molecule has 1 aromatic carbocycles. The van der Waals surface area contributed by atoms with Gasteiger partial charge < -0.3 is 14.8 Å². The molecule has 90 valence electrons. The molecule has 0 amide bonds. The summed E-state index contributed by atoms with van der Waals surface area (Å²) in [5.41, 5.74) is 1.15. The minimum atomic E-state index is 0.638. The lowest BCUT2D eigenvalue weighted by Crippen LogP contribution is -2.12. The van der Waals surface area contributed by atoms with Crippen LogP contribution < -0.4 is 14.8 Å². The van der Waals surface area contributed by atoms with Gasteiger partial charge in [-0.15, -0.1) is 0 Å². The summed E-state index contributed by atoms with van der Waals surface area (Å²) < 4.78 is 12.0. The van der Waals surface area contributed by atoms with Crippen molar-refractivity contribution in [3.63, 3.8) is 0 Å². The Kier molecular flexibility index (Phi) is 5.63. The summed E-state index contributed by atoms with van der Waals surface area (Å²) in [7, 11) is 3.60. The maximum Gasteiger partial charge on any atom is 0.165 e. The largest absolute Gasteiger partial charge is 0.493 e. The number of hydrogen-bond donors (Lipinski definition) is 1. The second-order valence-corrected chi connectivity index (χ2v) is 4.20. The molecule has 1 N–H and O–H groups in total. The summed E-state index contributed by atoms with van der Waals surface area (Å²) in [6, 6.07) is 3.91. The molecule has 0 unspecified atom stereocenters. The number of benzene rings is 1. The van der Waals surface area contributed by atoms with Crippen molar-refractivity contribution < 1.29 is 9.47 Å². The van der Waals surface area contributed by atoms with Crippen molar-refractivity contribution in [2.24, 2.45) is 0 Å². The van der Waals surface area contributed by atoms with E-state index in [1.165, 1.54) is 0 Å². The monoisotopic (exact) mass is 287 g/mol. The Labute approximate surface area is 105 Å². The Morgan fingerprint density at radius 2 is 2.12 bits per heavy atom. The maximum atomic E-state index is 5.65. The van der Waals surface area contributed by atoms with E-state index in [4.69, 9.17) is 9.47 Å². The Hall–Kier alpha value is -0.740. The first-order valence-electron chi connectivity index (χ1n) is 5.37. The van der Waals surface area contributed by atoms with Gasteiger partial charge in [-0.2, -0.15) is 0 Å². The van der Waals surface area contributed by atoms with E-state index in [1.807, 2.05) is 26.1 Å². The van der Waals surface area contributed by atoms with Crippen LogP contribution in [0.1, 0.15) is 12.5 Å². The lowest BCUT2D eigenvalue weighted by atomic mass is 10.1. The molecule has 0 bridgehead atoms. The third-order valence-corrected chi connectivity index (χ3v) is 3.04. The fourth-order valence-electron chi connectivity index (χ4n) is 1.53. The van der Waals surface area contributed by atoms with Crippen LogP contribution in [-0.2, 0) is 6.42 Å². The van der Waals surface area contributed by atoms with Crippen LogP contribution >= 0.6 is 15.9 Å². The highest BCUT2D eigenvalue weighted by atomic mass is 79.9. The summed E-state index contributed by atoms with van der Waals surface area (Å²) in [5.74, 6) is 1.63. The molecule has 1 rings (SSSR count). The number of nitrogens with one attached hydrogen (secondary N) is 1. The number of halogens is 1. The molecule has 0 saturated heterocycles. The first kappa shape index (κ1) is 13.3. The minimum absolute atomic E-state index is 0.638. The molecule has 0 spiro atoms. The standard InChI is InChI=1S/C12H18BrNO2/c1-4-16-12-9(7-8-14-2)10(13)5-6-11(12)15-3/h5-6,14H,4,7-8H2,1-3H3. The fourth-order valence-corrected chi connectivity index (χ4v) is 2.04. The van der Waals surface area contributed by atoms with E-state index in [1.54, 1.807) is 7.11 Å². The zero-order valence-electron chi connectivity index (χ0n) is 9.97. The van der Waals surface area contributed by atoms with E-state index in [-0.39, 0.29) is 0 Å². The van der Waals surface area contributed by atoms with Crippen molar-refractivity contribution in [2.75, 3.05) is 27.3 Å². The van der Waals surface area contributed by atoms with Crippen LogP contribution in [0.2, 0.25) is 0 Å². The molecule has 0 saturated carbocycles. The molecular weight excluding hydrogens is 270 g/mol. The van der Waals surface area contributed by atoms with Crippen molar-refractivity contribution in [3.8, 4) is 11.5 Å². The third kappa shape index (κ3) is 3.12. The van der Waals surface area contributed by atoms with Gasteiger partial charge in [0.25, 0.3) is 0 Å². The van der Waals surface area contributed by atoms with Crippen LogP contribution in [-0.4, -0.2) is 27.3 Å². The van der Waals surface area contributed by atoms with Gasteiger partial charge in [0.15, 0.2) is 11.5 Å². The minimum Gasteiger partial charge on any atom is -0.493 e. The van der Waals surface area contributed by atoms with Gasteiger partial charge in [0.1, 0.15) is 0 Å². The molecule has 1 aromatic rings. The van der Waals surface area contributed by atoms with Crippen molar-refractivity contribution in [1.82, 2.24) is 5.32 Å². The normalized spacial score (nSPS) is 10.2. The summed E-state index contributed by atoms with van der Waals surface area (Å²) in [6.45, 7) is 3.52. The quantitative estimate of drug-likeness (QED) is 0.873. The summed E-state index contributed by atoms with van der Waals surface area (Å²) in [4.78, 5) is 0. The lowest BCUT2D eigenvalue weighted by molar-refractivity contribution is 0.307. The second kappa shape index (κ2) is 6.76. The van der Waals surface area contributed by atoms with Gasteiger partial charge in [-0.3, -0.25) is 0 Å². The van der Waals surface area contributed by atoms with E-state index >= 15 is 0 Å². The SMILES string of the molecule is CCOc1c(OC)ccc(Br)c1CCNC. The van der Waals surface area contributed by atoms with Crippen LogP contribution in [0.15, 0.2) is 16.6 Å². The lowest BCUT2D eigenvalue weighted by Gasteiger charge is -2.15. The molecular formula is C12H18BrNO2. The van der Waals surface area contributed by atoms with Crippen molar-refractivity contribution in [3.05, 3.63) is 22.2 Å². The number of methoxy groups -OCH3 is 1. The molecule has 0 aliphatic heterocycles. The number of rotatable bonds is 6. The topological polar surface area (TPSA) is 30.5 Å². The van der Waals surface area contributed by atoms with Crippen LogP contribution in [0.5, 0.6) is 11.5 Å². The molecule has 0 radical (unpaired) electrons. The van der Waals surface area contributed by atoms with E-state index in [0.717, 1.165) is 34.5 Å². The molecule has 4 heteroatoms. The molecule has 0 atom stereocenters. The van der Waals surface area contributed by atoms with Crippen molar-refractivity contribution in [1.29, 1.82) is 0 Å². The molecule has 16 heavy (non-hydrogen) atoms. The highest BCUT2D eigenvalue weighted by Gasteiger charge is 2.13. The fraction of sp³-hybridized carbons (Fsp3) is 0.500. The Morgan fingerprint density at radius 3 is 2.69 bits per heavy atom. The van der Waals surface area contributed by atoms with Gasteiger partial charge in [-0.05, 0) is 39.1 Å². The van der Waals surface area contributed by atoms with Crippen LogP contribution in [0, 0.1) is 0 Å². The average molecular weight is 288 g/mol. The Balaban J connectivity index is 3.08. The zero-order valence-corrected chi connectivity index (χ0v) is 11.6. The van der Waals surface area contributed by atoms with Gasteiger partial charge >= 0.3 is 0 Å². The van der Waals surface area contributed by atoms with Gasteiger partial charge in [-0.1, -0.05) is 15.9 Å². The molecule has 0 aliphatic carbocycles. The molecule has 0 aliphatic rings. The Bertz CT molecular complexity index is 342. The van der Waals surface area contributed by atoms with Crippen LogP contribution in [0.4, 0.5) is 0 Å². The van der Waals surface area contributed by atoms with E-state index in [9.17, 15) is 0 Å². The predicted molar refractivity (Wildman–Crippen MR) is 69.5 cm³/mol. The molecule has 0 aromatic heterocycles. The van der Waals surface area contributed by atoms with Crippen molar-refractivity contribution >= 4 is 15.9 Å². The number of ether oxygens (including phenoxy) is 2. The summed E-state index contributed by atoms with van der Waals surface area (Å²) in [5, 5.41) is 3.13. The van der Waals surface area contributed by atoms with Crippen LogP contribution in [0.25, 0.3) is 0 Å². The van der Waals surface area contributed by atoms with E-state index in [2.05, 4.69) is 21.2 Å². The first-order valence-corrected chi connectivity index (χ1v) is 6.16. The highest BCUT2D eigenvalue weighted by molar-refractivity contribution is 9.10. The number of hydrogen-bond acceptors (Lipinski definition) is 3. The maximum absolute atomic E-state index is 5.65. The van der Waals surface area contributed by atoms with Gasteiger partial charge in [-0.25, -0.2) is 0 Å². The third-order valence-electron chi connectivity index (χ3n) is 2.30.